The quantitative estimate of drug-likeness (QED) is 0.284. The number of primary amides is 1. The van der Waals surface area contributed by atoms with Gasteiger partial charge in [-0.2, -0.15) is 0 Å². The van der Waals surface area contributed by atoms with Gasteiger partial charge in [-0.3, -0.25) is 4.90 Å². The van der Waals surface area contributed by atoms with Gasteiger partial charge >= 0.3 is 6.03 Å². The van der Waals surface area contributed by atoms with E-state index in [1.165, 1.54) is 0 Å². The van der Waals surface area contributed by atoms with E-state index < -0.39 is 25.3 Å². The lowest BCUT2D eigenvalue weighted by molar-refractivity contribution is -0.159. The molecule has 0 heterocycles. The number of rotatable bonds is 3. The molecule has 0 aliphatic rings. The van der Waals surface area contributed by atoms with Crippen molar-refractivity contribution >= 4 is 6.03 Å². The second kappa shape index (κ2) is 4.09. The Bertz CT molecular complexity index is 136. The van der Waals surface area contributed by atoms with Gasteiger partial charge in [0.15, 0.2) is 6.29 Å². The van der Waals surface area contributed by atoms with Crippen LogP contribution in [0.4, 0.5) is 4.79 Å². The minimum absolute atomic E-state index is 0.282. The van der Waals surface area contributed by atoms with Crippen molar-refractivity contribution in [1.82, 2.24) is 4.90 Å². The van der Waals surface area contributed by atoms with Crippen molar-refractivity contribution in [1.29, 1.82) is 0 Å². The summed E-state index contributed by atoms with van der Waals surface area (Å²) >= 11 is 0. The van der Waals surface area contributed by atoms with E-state index in [1.807, 2.05) is 0 Å². The van der Waals surface area contributed by atoms with Crippen LogP contribution in [0.3, 0.4) is 0 Å². The van der Waals surface area contributed by atoms with Crippen LogP contribution in [0.15, 0.2) is 0 Å². The average Bonchev–Trinajstić information content (AvgIpc) is 1.81. The molecule has 0 aromatic rings. The molecule has 0 aliphatic heterocycles. The van der Waals surface area contributed by atoms with Crippen LogP contribution in [0, 0.1) is 0 Å². The van der Waals surface area contributed by atoms with Gasteiger partial charge in [-0.25, -0.2) is 4.79 Å². The topological polar surface area (TPSA) is 127 Å². The number of carbonyl (C=O) groups excluding carboxylic acids is 1. The Balaban J connectivity index is 4.01. The summed E-state index contributed by atoms with van der Waals surface area (Å²) in [6.07, 6.45) is -3.96. The van der Waals surface area contributed by atoms with Gasteiger partial charge in [0, 0.05) is 0 Å². The van der Waals surface area contributed by atoms with Gasteiger partial charge < -0.3 is 26.2 Å². The third kappa shape index (κ3) is 3.73. The summed E-state index contributed by atoms with van der Waals surface area (Å²) in [6.45, 7) is -0.646. The molecule has 0 aromatic heterocycles. The zero-order valence-electron chi connectivity index (χ0n) is 5.58. The third-order valence-electron chi connectivity index (χ3n) is 0.922. The maximum Gasteiger partial charge on any atom is 0.318 e. The van der Waals surface area contributed by atoms with Crippen molar-refractivity contribution in [2.75, 3.05) is 6.54 Å². The van der Waals surface area contributed by atoms with E-state index in [9.17, 15) is 4.79 Å². The molecule has 0 saturated heterocycles. The second-order valence-corrected chi connectivity index (χ2v) is 1.82. The molecule has 6 N–H and O–H groups in total. The fourth-order valence-electron chi connectivity index (χ4n) is 0.474. The summed E-state index contributed by atoms with van der Waals surface area (Å²) < 4.78 is 0. The molecule has 0 spiro atoms. The van der Waals surface area contributed by atoms with E-state index in [2.05, 4.69) is 5.73 Å². The average molecular weight is 166 g/mol. The van der Waals surface area contributed by atoms with Gasteiger partial charge in [0.05, 0.1) is 6.54 Å². The highest BCUT2D eigenvalue weighted by molar-refractivity contribution is 5.71. The van der Waals surface area contributed by atoms with Gasteiger partial charge in [0.25, 0.3) is 0 Å². The molecule has 11 heavy (non-hydrogen) atoms. The second-order valence-electron chi connectivity index (χ2n) is 1.82. The first kappa shape index (κ1) is 10.1. The summed E-state index contributed by atoms with van der Waals surface area (Å²) in [7, 11) is 0. The van der Waals surface area contributed by atoms with Gasteiger partial charge in [0.1, 0.15) is 0 Å². The Hall–Kier alpha value is -0.890. The van der Waals surface area contributed by atoms with Crippen LogP contribution in [-0.2, 0) is 0 Å². The molecular weight excluding hydrogens is 156 g/mol. The molecule has 0 aromatic carbocycles. The van der Waals surface area contributed by atoms with Crippen LogP contribution >= 0.6 is 0 Å². The Morgan fingerprint density at radius 1 is 1.36 bits per heavy atom. The lowest BCUT2D eigenvalue weighted by Crippen LogP contribution is -2.47. The zero-order valence-corrected chi connectivity index (χ0v) is 5.58. The Morgan fingerprint density at radius 2 is 1.82 bits per heavy atom. The van der Waals surface area contributed by atoms with Crippen LogP contribution < -0.4 is 5.73 Å². The molecule has 7 heteroatoms. The number of aliphatic hydroxyl groups is 4. The number of urea groups is 1. The molecule has 0 unspecified atom stereocenters. The van der Waals surface area contributed by atoms with Crippen molar-refractivity contribution in [3.05, 3.63) is 0 Å². The molecule has 0 aliphatic carbocycles. The number of nitrogens with two attached hydrogens (primary N) is 1. The summed E-state index contributed by atoms with van der Waals surface area (Å²) in [5.74, 6) is 0. The molecule has 7 nitrogen and oxygen atoms in total. The molecule has 0 atom stereocenters. The fourth-order valence-corrected chi connectivity index (χ4v) is 0.474. The molecule has 66 valence electrons. The number of nitrogens with zero attached hydrogens (tertiary/aromatic N) is 1. The van der Waals surface area contributed by atoms with E-state index in [-0.39, 0.29) is 4.90 Å². The summed E-state index contributed by atoms with van der Waals surface area (Å²) in [5.41, 5.74) is 4.63. The molecule has 0 rings (SSSR count). The monoisotopic (exact) mass is 166 g/mol. The summed E-state index contributed by atoms with van der Waals surface area (Å²) in [5, 5.41) is 33.4. The number of aliphatic hydroxyl groups excluding tert-OH is 2. The fraction of sp³-hybridized carbons (Fsp3) is 0.750. The van der Waals surface area contributed by atoms with Crippen molar-refractivity contribution in [2.24, 2.45) is 5.73 Å². The molecule has 2 amide bonds. The van der Waals surface area contributed by atoms with Crippen molar-refractivity contribution in [3.63, 3.8) is 0 Å². The van der Waals surface area contributed by atoms with Crippen LogP contribution in [0.2, 0.25) is 0 Å². The highest BCUT2D eigenvalue weighted by Gasteiger charge is 2.18. The van der Waals surface area contributed by atoms with E-state index in [0.29, 0.717) is 0 Å². The summed E-state index contributed by atoms with van der Waals surface area (Å²) in [6, 6.07) is -1.15. The first-order valence-electron chi connectivity index (χ1n) is 2.73. The predicted octanol–water partition coefficient (Wildman–Crippen LogP) is -3.05. The van der Waals surface area contributed by atoms with Crippen LogP contribution in [0.5, 0.6) is 0 Å². The Morgan fingerprint density at radius 3 is 1.91 bits per heavy atom. The van der Waals surface area contributed by atoms with Gasteiger partial charge in [-0.05, 0) is 0 Å². The van der Waals surface area contributed by atoms with Crippen LogP contribution in [-0.4, -0.2) is 50.6 Å². The van der Waals surface area contributed by atoms with Gasteiger partial charge in [-0.1, -0.05) is 0 Å². The maximum absolute atomic E-state index is 10.3. The first-order chi connectivity index (χ1) is 4.95. The van der Waals surface area contributed by atoms with Crippen molar-refractivity contribution in [3.8, 4) is 0 Å². The highest BCUT2D eigenvalue weighted by Crippen LogP contribution is 1.93. The van der Waals surface area contributed by atoms with E-state index in [4.69, 9.17) is 20.4 Å². The Labute approximate surface area is 62.3 Å². The normalized spacial score (nSPS) is 10.7. The third-order valence-corrected chi connectivity index (χ3v) is 0.922. The van der Waals surface area contributed by atoms with E-state index in [0.717, 1.165) is 0 Å². The van der Waals surface area contributed by atoms with Crippen LogP contribution in [0.25, 0.3) is 0 Å². The predicted molar refractivity (Wildman–Crippen MR) is 32.7 cm³/mol. The molecule has 0 bridgehead atoms. The molecule has 0 saturated carbocycles. The van der Waals surface area contributed by atoms with Gasteiger partial charge in [0.2, 0.25) is 6.41 Å². The zero-order chi connectivity index (χ0) is 9.02. The largest absolute Gasteiger partial charge is 0.367 e. The van der Waals surface area contributed by atoms with Crippen LogP contribution in [0.1, 0.15) is 0 Å². The smallest absolute Gasteiger partial charge is 0.318 e. The number of hydrogen-bond acceptors (Lipinski definition) is 5. The SMILES string of the molecule is NC(=O)N(CC(O)O)C(O)O. The highest BCUT2D eigenvalue weighted by atomic mass is 16.5. The lowest BCUT2D eigenvalue weighted by Gasteiger charge is -2.22. The molecule has 0 fully saturated rings. The van der Waals surface area contributed by atoms with E-state index in [1.54, 1.807) is 0 Å². The minimum atomic E-state index is -2.12. The number of hydrogen-bond donors (Lipinski definition) is 5. The Kier molecular flexibility index (Phi) is 3.76. The maximum atomic E-state index is 10.3. The van der Waals surface area contributed by atoms with Crippen molar-refractivity contribution < 1.29 is 25.2 Å². The standard InChI is InChI=1S/C4H10N2O5/c5-3(9)6(4(10)11)1-2(7)8/h2,4,7-8,10-11H,1H2,(H2,5,9). The summed E-state index contributed by atoms with van der Waals surface area (Å²) in [4.78, 5) is 10.6. The number of amides is 2. The molecule has 0 radical (unpaired) electrons. The van der Waals surface area contributed by atoms with E-state index >= 15 is 0 Å². The lowest BCUT2D eigenvalue weighted by atomic mass is 10.5. The molecular formula is C4H10N2O5. The first-order valence-corrected chi connectivity index (χ1v) is 2.73. The number of carbonyl (C=O) groups is 1. The minimum Gasteiger partial charge on any atom is -0.367 e. The van der Waals surface area contributed by atoms with Crippen molar-refractivity contribution in [2.45, 2.75) is 12.7 Å². The van der Waals surface area contributed by atoms with Gasteiger partial charge in [-0.15, -0.1) is 0 Å².